The molecule has 2 rings (SSSR count). The molecule has 0 saturated carbocycles. The Morgan fingerprint density at radius 2 is 1.64 bits per heavy atom. The molecule has 0 fully saturated rings. The molecular formula is C22H27NO2. The molecule has 0 unspecified atom stereocenters. The number of hydrogen-bond donors (Lipinski definition) is 0. The molecule has 3 heteroatoms. The predicted molar refractivity (Wildman–Crippen MR) is 105 cm³/mol. The zero-order valence-electron chi connectivity index (χ0n) is 15.5. The number of benzene rings is 2. The van der Waals surface area contributed by atoms with Crippen LogP contribution in [0.4, 0.5) is 5.69 Å². The zero-order valence-corrected chi connectivity index (χ0v) is 15.5. The summed E-state index contributed by atoms with van der Waals surface area (Å²) in [7, 11) is 1.65. The summed E-state index contributed by atoms with van der Waals surface area (Å²) < 4.78 is 11.1. The third kappa shape index (κ3) is 6.84. The highest BCUT2D eigenvalue weighted by Crippen LogP contribution is 2.20. The van der Waals surface area contributed by atoms with Crippen molar-refractivity contribution in [2.45, 2.75) is 27.2 Å². The molecule has 0 aromatic heterocycles. The van der Waals surface area contributed by atoms with E-state index in [-0.39, 0.29) is 5.41 Å². The van der Waals surface area contributed by atoms with Gasteiger partial charge in [0.25, 0.3) is 0 Å². The van der Waals surface area contributed by atoms with Gasteiger partial charge >= 0.3 is 0 Å². The van der Waals surface area contributed by atoms with Crippen molar-refractivity contribution < 1.29 is 9.47 Å². The summed E-state index contributed by atoms with van der Waals surface area (Å²) in [5.74, 6) is 1.43. The van der Waals surface area contributed by atoms with Crippen LogP contribution in [0.15, 0.2) is 71.7 Å². The highest BCUT2D eigenvalue weighted by atomic mass is 16.5. The van der Waals surface area contributed by atoms with E-state index >= 15 is 0 Å². The molecule has 0 heterocycles. The molecule has 0 aliphatic heterocycles. The molecule has 0 spiro atoms. The van der Waals surface area contributed by atoms with Crippen LogP contribution in [0.3, 0.4) is 0 Å². The lowest BCUT2D eigenvalue weighted by atomic mass is 9.92. The van der Waals surface area contributed by atoms with Gasteiger partial charge in [0.1, 0.15) is 12.4 Å². The number of methoxy groups -OCH3 is 1. The molecule has 132 valence electrons. The van der Waals surface area contributed by atoms with E-state index in [4.69, 9.17) is 9.47 Å². The SMILES string of the molecule is COc1ccc(N=C(OC/C=C\CC(C)(C)C)c2ccccc2)cc1. The van der Waals surface area contributed by atoms with Gasteiger partial charge in [-0.1, -0.05) is 51.1 Å². The number of allylic oxidation sites excluding steroid dienone is 1. The number of ether oxygens (including phenoxy) is 2. The van der Waals surface area contributed by atoms with Gasteiger partial charge in [0, 0.05) is 5.56 Å². The summed E-state index contributed by atoms with van der Waals surface area (Å²) in [6.07, 6.45) is 5.24. The molecular weight excluding hydrogens is 310 g/mol. The monoisotopic (exact) mass is 337 g/mol. The molecule has 0 saturated heterocycles. The summed E-state index contributed by atoms with van der Waals surface area (Å²) in [6, 6.07) is 17.6. The first kappa shape index (κ1) is 18.8. The van der Waals surface area contributed by atoms with E-state index < -0.39 is 0 Å². The first-order valence-electron chi connectivity index (χ1n) is 8.54. The van der Waals surface area contributed by atoms with Crippen molar-refractivity contribution in [3.05, 3.63) is 72.3 Å². The van der Waals surface area contributed by atoms with Gasteiger partial charge in [-0.05, 0) is 48.2 Å². The first-order valence-corrected chi connectivity index (χ1v) is 8.54. The minimum atomic E-state index is 0.288. The minimum Gasteiger partial charge on any atom is -0.497 e. The van der Waals surface area contributed by atoms with Gasteiger partial charge in [-0.15, -0.1) is 0 Å². The Morgan fingerprint density at radius 1 is 0.960 bits per heavy atom. The number of hydrogen-bond acceptors (Lipinski definition) is 3. The van der Waals surface area contributed by atoms with Gasteiger partial charge < -0.3 is 9.47 Å². The Morgan fingerprint density at radius 3 is 2.24 bits per heavy atom. The van der Waals surface area contributed by atoms with Crippen LogP contribution in [0.5, 0.6) is 5.75 Å². The first-order chi connectivity index (χ1) is 12.0. The van der Waals surface area contributed by atoms with Crippen LogP contribution in [0.2, 0.25) is 0 Å². The third-order valence-electron chi connectivity index (χ3n) is 3.54. The van der Waals surface area contributed by atoms with Crippen molar-refractivity contribution in [1.29, 1.82) is 0 Å². The Hall–Kier alpha value is -2.55. The average molecular weight is 337 g/mol. The van der Waals surface area contributed by atoms with Crippen LogP contribution in [0.25, 0.3) is 0 Å². The molecule has 2 aromatic rings. The zero-order chi connectivity index (χ0) is 18.1. The van der Waals surface area contributed by atoms with Crippen LogP contribution in [0.1, 0.15) is 32.8 Å². The molecule has 0 atom stereocenters. The van der Waals surface area contributed by atoms with Crippen molar-refractivity contribution >= 4 is 11.6 Å². The van der Waals surface area contributed by atoms with E-state index in [0.717, 1.165) is 23.4 Å². The van der Waals surface area contributed by atoms with Gasteiger partial charge in [0.05, 0.1) is 12.8 Å². The summed E-state index contributed by atoms with van der Waals surface area (Å²) in [5, 5.41) is 0. The Kier molecular flexibility index (Phi) is 6.81. The molecule has 3 nitrogen and oxygen atoms in total. The number of rotatable bonds is 6. The van der Waals surface area contributed by atoms with Crippen molar-refractivity contribution in [1.82, 2.24) is 0 Å². The number of aliphatic imine (C=N–C) groups is 1. The van der Waals surface area contributed by atoms with E-state index in [9.17, 15) is 0 Å². The average Bonchev–Trinajstić information content (AvgIpc) is 2.61. The van der Waals surface area contributed by atoms with Crippen molar-refractivity contribution in [2.24, 2.45) is 10.4 Å². The molecule has 0 radical (unpaired) electrons. The fourth-order valence-electron chi connectivity index (χ4n) is 2.17. The fourth-order valence-corrected chi connectivity index (χ4v) is 2.17. The van der Waals surface area contributed by atoms with E-state index in [0.29, 0.717) is 12.5 Å². The second kappa shape index (κ2) is 9.07. The van der Waals surface area contributed by atoms with Crippen LogP contribution >= 0.6 is 0 Å². The molecule has 0 aliphatic rings. The van der Waals surface area contributed by atoms with Gasteiger partial charge in [-0.3, -0.25) is 0 Å². The van der Waals surface area contributed by atoms with Crippen LogP contribution in [-0.4, -0.2) is 19.6 Å². The minimum absolute atomic E-state index is 0.288. The second-order valence-corrected chi connectivity index (χ2v) is 7.03. The molecule has 25 heavy (non-hydrogen) atoms. The Balaban J connectivity index is 2.12. The van der Waals surface area contributed by atoms with Crippen LogP contribution in [0, 0.1) is 5.41 Å². The summed E-state index contributed by atoms with van der Waals surface area (Å²) in [6.45, 7) is 7.16. The lowest BCUT2D eigenvalue weighted by Crippen LogP contribution is -2.07. The lowest BCUT2D eigenvalue weighted by molar-refractivity contribution is 0.350. The van der Waals surface area contributed by atoms with Gasteiger partial charge in [-0.2, -0.15) is 0 Å². The molecule has 0 bridgehead atoms. The maximum Gasteiger partial charge on any atom is 0.221 e. The quantitative estimate of drug-likeness (QED) is 0.380. The van der Waals surface area contributed by atoms with Crippen LogP contribution in [-0.2, 0) is 4.74 Å². The highest BCUT2D eigenvalue weighted by Gasteiger charge is 2.07. The summed E-state index contributed by atoms with van der Waals surface area (Å²) >= 11 is 0. The third-order valence-corrected chi connectivity index (χ3v) is 3.54. The molecule has 2 aromatic carbocycles. The predicted octanol–water partition coefficient (Wildman–Crippen LogP) is 5.78. The van der Waals surface area contributed by atoms with Crippen molar-refractivity contribution in [3.8, 4) is 5.75 Å². The summed E-state index contributed by atoms with van der Waals surface area (Å²) in [5.41, 5.74) is 2.08. The molecule has 0 N–H and O–H groups in total. The molecule has 0 amide bonds. The smallest absolute Gasteiger partial charge is 0.221 e. The fraction of sp³-hybridized carbons (Fsp3) is 0.318. The van der Waals surface area contributed by atoms with E-state index in [1.165, 1.54) is 0 Å². The second-order valence-electron chi connectivity index (χ2n) is 7.03. The summed E-state index contributed by atoms with van der Waals surface area (Å²) in [4.78, 5) is 4.66. The van der Waals surface area contributed by atoms with Crippen molar-refractivity contribution in [2.75, 3.05) is 13.7 Å². The van der Waals surface area contributed by atoms with Gasteiger partial charge in [-0.25, -0.2) is 4.99 Å². The highest BCUT2D eigenvalue weighted by molar-refractivity contribution is 5.95. The Labute approximate surface area is 151 Å². The van der Waals surface area contributed by atoms with Crippen molar-refractivity contribution in [3.63, 3.8) is 0 Å². The van der Waals surface area contributed by atoms with E-state index in [1.807, 2.05) is 54.6 Å². The van der Waals surface area contributed by atoms with E-state index in [1.54, 1.807) is 7.11 Å². The largest absolute Gasteiger partial charge is 0.497 e. The normalized spacial score (nSPS) is 12.4. The molecule has 0 aliphatic carbocycles. The topological polar surface area (TPSA) is 30.8 Å². The van der Waals surface area contributed by atoms with Gasteiger partial charge in [0.15, 0.2) is 0 Å². The number of nitrogens with zero attached hydrogens (tertiary/aromatic N) is 1. The maximum atomic E-state index is 5.94. The lowest BCUT2D eigenvalue weighted by Gasteiger charge is -2.14. The van der Waals surface area contributed by atoms with Crippen LogP contribution < -0.4 is 4.74 Å². The standard InChI is InChI=1S/C22H27NO2/c1-22(2,3)16-8-9-17-25-21(18-10-6-5-7-11-18)23-19-12-14-20(24-4)15-13-19/h5-15H,16-17H2,1-4H3/b9-8-,23-21?. The van der Waals surface area contributed by atoms with E-state index in [2.05, 4.69) is 37.9 Å². The Bertz CT molecular complexity index is 695. The van der Waals surface area contributed by atoms with Gasteiger partial charge in [0.2, 0.25) is 5.90 Å². The maximum absolute atomic E-state index is 5.94.